The lowest BCUT2D eigenvalue weighted by Crippen LogP contribution is -2.06. The van der Waals surface area contributed by atoms with Crippen molar-refractivity contribution in [3.63, 3.8) is 0 Å². The van der Waals surface area contributed by atoms with Crippen molar-refractivity contribution >= 4 is 27.9 Å². The molecule has 2 rings (SSSR count). The minimum atomic E-state index is -1.14. The Labute approximate surface area is 123 Å². The molecule has 0 radical (unpaired) electrons. The number of carbonyl (C=O) groups is 2. The standard InChI is InChI=1S/C15H11BrO4/c16-12-5-1-9(2-6-12)7-10-3-4-11(14(17)18)8-13(10)15(19)20/h1-6,8H,7H2,(H,17,18)(H,19,20). The minimum Gasteiger partial charge on any atom is -0.478 e. The van der Waals surface area contributed by atoms with Gasteiger partial charge >= 0.3 is 11.9 Å². The van der Waals surface area contributed by atoms with E-state index in [-0.39, 0.29) is 11.1 Å². The Morgan fingerprint density at radius 2 is 1.60 bits per heavy atom. The van der Waals surface area contributed by atoms with Gasteiger partial charge in [-0.25, -0.2) is 9.59 Å². The molecule has 0 spiro atoms. The third-order valence-electron chi connectivity index (χ3n) is 2.90. The van der Waals surface area contributed by atoms with Crippen LogP contribution >= 0.6 is 15.9 Å². The zero-order valence-corrected chi connectivity index (χ0v) is 11.9. The van der Waals surface area contributed by atoms with Gasteiger partial charge in [-0.2, -0.15) is 0 Å². The molecule has 0 aliphatic rings. The first-order valence-electron chi connectivity index (χ1n) is 5.81. The van der Waals surface area contributed by atoms with Gasteiger partial charge in [0, 0.05) is 4.47 Å². The zero-order valence-electron chi connectivity index (χ0n) is 10.3. The predicted octanol–water partition coefficient (Wildman–Crippen LogP) is 3.44. The zero-order chi connectivity index (χ0) is 14.7. The molecule has 0 saturated heterocycles. The van der Waals surface area contributed by atoms with E-state index < -0.39 is 11.9 Å². The molecular weight excluding hydrogens is 324 g/mol. The Bertz CT molecular complexity index is 662. The summed E-state index contributed by atoms with van der Waals surface area (Å²) in [6.45, 7) is 0. The van der Waals surface area contributed by atoms with Crippen LogP contribution in [-0.4, -0.2) is 22.2 Å². The summed E-state index contributed by atoms with van der Waals surface area (Å²) in [5.74, 6) is -2.26. The highest BCUT2D eigenvalue weighted by Gasteiger charge is 2.14. The van der Waals surface area contributed by atoms with E-state index in [1.165, 1.54) is 12.1 Å². The molecule has 20 heavy (non-hydrogen) atoms. The lowest BCUT2D eigenvalue weighted by Gasteiger charge is -2.07. The molecule has 0 saturated carbocycles. The van der Waals surface area contributed by atoms with Crippen LogP contribution < -0.4 is 0 Å². The van der Waals surface area contributed by atoms with Gasteiger partial charge in [0.25, 0.3) is 0 Å². The summed E-state index contributed by atoms with van der Waals surface area (Å²) < 4.78 is 0.945. The van der Waals surface area contributed by atoms with E-state index >= 15 is 0 Å². The first kappa shape index (κ1) is 14.3. The van der Waals surface area contributed by atoms with Crippen LogP contribution in [0.2, 0.25) is 0 Å². The van der Waals surface area contributed by atoms with Crippen molar-refractivity contribution in [3.8, 4) is 0 Å². The Kier molecular flexibility index (Phi) is 4.20. The molecule has 0 fully saturated rings. The molecule has 0 aromatic heterocycles. The lowest BCUT2D eigenvalue weighted by molar-refractivity contribution is 0.0695. The van der Waals surface area contributed by atoms with Crippen LogP contribution in [0.1, 0.15) is 31.8 Å². The van der Waals surface area contributed by atoms with Crippen LogP contribution in [0.5, 0.6) is 0 Å². The van der Waals surface area contributed by atoms with Gasteiger partial charge in [-0.15, -0.1) is 0 Å². The highest BCUT2D eigenvalue weighted by atomic mass is 79.9. The minimum absolute atomic E-state index is 0.0211. The van der Waals surface area contributed by atoms with Crippen LogP contribution in [0, 0.1) is 0 Å². The van der Waals surface area contributed by atoms with Gasteiger partial charge in [-0.05, 0) is 41.8 Å². The SMILES string of the molecule is O=C(O)c1ccc(Cc2ccc(Br)cc2)c(C(=O)O)c1. The molecule has 0 amide bonds. The number of benzene rings is 2. The maximum Gasteiger partial charge on any atom is 0.336 e. The highest BCUT2D eigenvalue weighted by Crippen LogP contribution is 2.18. The summed E-state index contributed by atoms with van der Waals surface area (Å²) in [7, 11) is 0. The maximum atomic E-state index is 11.2. The second kappa shape index (κ2) is 5.88. The Balaban J connectivity index is 2.38. The molecule has 0 aliphatic heterocycles. The second-order valence-corrected chi connectivity index (χ2v) is 5.20. The van der Waals surface area contributed by atoms with Crippen LogP contribution in [-0.2, 0) is 6.42 Å². The molecule has 5 heteroatoms. The maximum absolute atomic E-state index is 11.2. The van der Waals surface area contributed by atoms with Crippen molar-refractivity contribution in [2.45, 2.75) is 6.42 Å². The van der Waals surface area contributed by atoms with Gasteiger partial charge in [0.1, 0.15) is 0 Å². The summed E-state index contributed by atoms with van der Waals surface area (Å²) in [4.78, 5) is 22.1. The number of hydrogen-bond donors (Lipinski definition) is 2. The molecule has 2 aromatic carbocycles. The van der Waals surface area contributed by atoms with Crippen molar-refractivity contribution in [1.29, 1.82) is 0 Å². The van der Waals surface area contributed by atoms with Crippen molar-refractivity contribution in [1.82, 2.24) is 0 Å². The van der Waals surface area contributed by atoms with E-state index in [0.29, 0.717) is 12.0 Å². The van der Waals surface area contributed by atoms with Crippen molar-refractivity contribution in [3.05, 3.63) is 69.2 Å². The topological polar surface area (TPSA) is 74.6 Å². The van der Waals surface area contributed by atoms with Gasteiger partial charge in [0.15, 0.2) is 0 Å². The van der Waals surface area contributed by atoms with Gasteiger partial charge in [0.2, 0.25) is 0 Å². The van der Waals surface area contributed by atoms with E-state index in [2.05, 4.69) is 15.9 Å². The monoisotopic (exact) mass is 334 g/mol. The summed E-state index contributed by atoms with van der Waals surface area (Å²) >= 11 is 3.33. The summed E-state index contributed by atoms with van der Waals surface area (Å²) in [6.07, 6.45) is 0.439. The third kappa shape index (κ3) is 3.24. The second-order valence-electron chi connectivity index (χ2n) is 4.29. The molecule has 2 N–H and O–H groups in total. The third-order valence-corrected chi connectivity index (χ3v) is 3.42. The highest BCUT2D eigenvalue weighted by molar-refractivity contribution is 9.10. The molecule has 102 valence electrons. The van der Waals surface area contributed by atoms with E-state index in [1.54, 1.807) is 6.07 Å². The quantitative estimate of drug-likeness (QED) is 0.898. The van der Waals surface area contributed by atoms with Gasteiger partial charge in [-0.3, -0.25) is 0 Å². The fraction of sp³-hybridized carbons (Fsp3) is 0.0667. The summed E-state index contributed by atoms with van der Waals surface area (Å²) in [5.41, 5.74) is 1.54. The van der Waals surface area contributed by atoms with Crippen molar-refractivity contribution in [2.24, 2.45) is 0 Å². The smallest absolute Gasteiger partial charge is 0.336 e. The van der Waals surface area contributed by atoms with Crippen molar-refractivity contribution in [2.75, 3.05) is 0 Å². The molecule has 4 nitrogen and oxygen atoms in total. The van der Waals surface area contributed by atoms with Crippen molar-refractivity contribution < 1.29 is 19.8 Å². The summed E-state index contributed by atoms with van der Waals surface area (Å²) in [6, 6.07) is 11.7. The number of rotatable bonds is 4. The summed E-state index contributed by atoms with van der Waals surface area (Å²) in [5, 5.41) is 18.1. The number of carboxylic acid groups (broad SMARTS) is 2. The molecular formula is C15H11BrO4. The normalized spacial score (nSPS) is 10.2. The Morgan fingerprint density at radius 1 is 0.950 bits per heavy atom. The molecule has 0 bridgehead atoms. The molecule has 0 aliphatic carbocycles. The lowest BCUT2D eigenvalue weighted by atomic mass is 9.98. The average molecular weight is 335 g/mol. The fourth-order valence-electron chi connectivity index (χ4n) is 1.88. The first-order valence-corrected chi connectivity index (χ1v) is 6.60. The van der Waals surface area contributed by atoms with E-state index in [1.807, 2.05) is 24.3 Å². The van der Waals surface area contributed by atoms with Gasteiger partial charge in [-0.1, -0.05) is 34.1 Å². The Hall–Kier alpha value is -2.14. The van der Waals surface area contributed by atoms with Crippen LogP contribution in [0.3, 0.4) is 0 Å². The molecule has 0 atom stereocenters. The van der Waals surface area contributed by atoms with E-state index in [9.17, 15) is 14.7 Å². The predicted molar refractivity (Wildman–Crippen MR) is 77.3 cm³/mol. The molecule has 2 aromatic rings. The van der Waals surface area contributed by atoms with E-state index in [4.69, 9.17) is 5.11 Å². The largest absolute Gasteiger partial charge is 0.478 e. The van der Waals surface area contributed by atoms with Crippen LogP contribution in [0.15, 0.2) is 46.9 Å². The van der Waals surface area contributed by atoms with E-state index in [0.717, 1.165) is 10.0 Å². The molecule has 0 unspecified atom stereocenters. The number of carboxylic acids is 2. The fourth-order valence-corrected chi connectivity index (χ4v) is 2.15. The number of aromatic carboxylic acids is 2. The van der Waals surface area contributed by atoms with Gasteiger partial charge < -0.3 is 10.2 Å². The first-order chi connectivity index (χ1) is 9.47. The van der Waals surface area contributed by atoms with Gasteiger partial charge in [0.05, 0.1) is 11.1 Å². The van der Waals surface area contributed by atoms with Crippen LogP contribution in [0.25, 0.3) is 0 Å². The molecule has 0 heterocycles. The number of halogens is 1. The average Bonchev–Trinajstić information content (AvgIpc) is 2.41. The van der Waals surface area contributed by atoms with Crippen LogP contribution in [0.4, 0.5) is 0 Å². The number of hydrogen-bond acceptors (Lipinski definition) is 2. The Morgan fingerprint density at radius 3 is 2.15 bits per heavy atom.